The SMILES string of the molecule is CCCn1c2ccccc2c2nnc(SCC(=O)NCc3ccc4c(c3)OCO4)nc21. The molecule has 1 amide bonds. The molecule has 2 aromatic carbocycles. The van der Waals surface area contributed by atoms with Crippen LogP contribution >= 0.6 is 11.8 Å². The van der Waals surface area contributed by atoms with Gasteiger partial charge in [-0.3, -0.25) is 4.79 Å². The number of hydrogen-bond acceptors (Lipinski definition) is 7. The van der Waals surface area contributed by atoms with Gasteiger partial charge in [-0.05, 0) is 30.2 Å². The Morgan fingerprint density at radius 2 is 2.03 bits per heavy atom. The van der Waals surface area contributed by atoms with Crippen molar-refractivity contribution in [2.45, 2.75) is 31.6 Å². The molecule has 0 fully saturated rings. The van der Waals surface area contributed by atoms with E-state index in [0.29, 0.717) is 17.5 Å². The highest BCUT2D eigenvalue weighted by molar-refractivity contribution is 7.99. The summed E-state index contributed by atoms with van der Waals surface area (Å²) in [6.07, 6.45) is 0.989. The second-order valence-corrected chi connectivity index (χ2v) is 8.13. The Kier molecular flexibility index (Phi) is 5.33. The second-order valence-electron chi connectivity index (χ2n) is 7.19. The van der Waals surface area contributed by atoms with Crippen LogP contribution in [0, 0.1) is 0 Å². The number of aromatic nitrogens is 4. The lowest BCUT2D eigenvalue weighted by molar-refractivity contribution is -0.118. The molecule has 0 atom stereocenters. The third kappa shape index (κ3) is 3.88. The number of hydrogen-bond donors (Lipinski definition) is 1. The summed E-state index contributed by atoms with van der Waals surface area (Å²) in [6.45, 7) is 3.63. The van der Waals surface area contributed by atoms with Crippen molar-refractivity contribution in [2.75, 3.05) is 12.5 Å². The molecule has 0 saturated heterocycles. The molecule has 9 heteroatoms. The summed E-state index contributed by atoms with van der Waals surface area (Å²) in [6, 6.07) is 13.8. The van der Waals surface area contributed by atoms with Crippen LogP contribution in [-0.4, -0.2) is 38.2 Å². The average Bonchev–Trinajstić information content (AvgIpc) is 3.39. The number of carbonyl (C=O) groups excluding carboxylic acids is 1. The van der Waals surface area contributed by atoms with Gasteiger partial charge in [0.2, 0.25) is 17.9 Å². The van der Waals surface area contributed by atoms with Crippen molar-refractivity contribution in [3.8, 4) is 11.5 Å². The van der Waals surface area contributed by atoms with Crippen molar-refractivity contribution in [3.05, 3.63) is 48.0 Å². The van der Waals surface area contributed by atoms with E-state index in [0.717, 1.165) is 46.3 Å². The van der Waals surface area contributed by atoms with E-state index in [4.69, 9.17) is 14.5 Å². The number of rotatable bonds is 7. The van der Waals surface area contributed by atoms with Crippen molar-refractivity contribution >= 4 is 39.7 Å². The van der Waals surface area contributed by atoms with Crippen LogP contribution in [-0.2, 0) is 17.9 Å². The van der Waals surface area contributed by atoms with E-state index in [1.165, 1.54) is 11.8 Å². The number of ether oxygens (including phenoxy) is 2. The van der Waals surface area contributed by atoms with Crippen LogP contribution < -0.4 is 14.8 Å². The van der Waals surface area contributed by atoms with Crippen LogP contribution in [0.5, 0.6) is 11.5 Å². The van der Waals surface area contributed by atoms with E-state index in [9.17, 15) is 4.79 Å². The van der Waals surface area contributed by atoms with E-state index in [-0.39, 0.29) is 18.5 Å². The first kappa shape index (κ1) is 19.6. The molecule has 4 aromatic rings. The monoisotopic (exact) mass is 435 g/mol. The van der Waals surface area contributed by atoms with Gasteiger partial charge in [-0.2, -0.15) is 0 Å². The van der Waals surface area contributed by atoms with Crippen LogP contribution in [0.1, 0.15) is 18.9 Å². The number of fused-ring (bicyclic) bond motifs is 4. The van der Waals surface area contributed by atoms with E-state index >= 15 is 0 Å². The molecule has 1 N–H and O–H groups in total. The highest BCUT2D eigenvalue weighted by Gasteiger charge is 2.16. The zero-order chi connectivity index (χ0) is 21.2. The Morgan fingerprint density at radius 3 is 2.94 bits per heavy atom. The van der Waals surface area contributed by atoms with Crippen molar-refractivity contribution in [1.82, 2.24) is 25.1 Å². The Bertz CT molecular complexity index is 1270. The molecule has 0 bridgehead atoms. The normalized spacial score (nSPS) is 12.5. The highest BCUT2D eigenvalue weighted by Crippen LogP contribution is 2.32. The molecular weight excluding hydrogens is 414 g/mol. The van der Waals surface area contributed by atoms with Crippen LogP contribution in [0.25, 0.3) is 22.1 Å². The van der Waals surface area contributed by atoms with Crippen molar-refractivity contribution in [3.63, 3.8) is 0 Å². The number of aryl methyl sites for hydroxylation is 1. The van der Waals surface area contributed by atoms with E-state index in [2.05, 4.69) is 33.1 Å². The maximum absolute atomic E-state index is 12.3. The first-order chi connectivity index (χ1) is 15.2. The van der Waals surface area contributed by atoms with Crippen LogP contribution in [0.4, 0.5) is 0 Å². The molecule has 0 spiro atoms. The zero-order valence-electron chi connectivity index (χ0n) is 17.0. The van der Waals surface area contributed by atoms with Gasteiger partial charge in [0.25, 0.3) is 0 Å². The van der Waals surface area contributed by atoms with E-state index < -0.39 is 0 Å². The number of thioether (sulfide) groups is 1. The van der Waals surface area contributed by atoms with Crippen LogP contribution in [0.3, 0.4) is 0 Å². The minimum absolute atomic E-state index is 0.0968. The van der Waals surface area contributed by atoms with Gasteiger partial charge >= 0.3 is 0 Å². The van der Waals surface area contributed by atoms with Gasteiger partial charge < -0.3 is 19.4 Å². The van der Waals surface area contributed by atoms with E-state index in [1.54, 1.807) is 0 Å². The molecule has 1 aliphatic rings. The molecule has 3 heterocycles. The lowest BCUT2D eigenvalue weighted by Gasteiger charge is -2.06. The Morgan fingerprint density at radius 1 is 1.16 bits per heavy atom. The molecule has 8 nitrogen and oxygen atoms in total. The van der Waals surface area contributed by atoms with Gasteiger partial charge in [-0.15, -0.1) is 10.2 Å². The highest BCUT2D eigenvalue weighted by atomic mass is 32.2. The van der Waals surface area contributed by atoms with Gasteiger partial charge in [0.15, 0.2) is 17.1 Å². The molecule has 1 aliphatic heterocycles. The summed E-state index contributed by atoms with van der Waals surface area (Å²) in [7, 11) is 0. The largest absolute Gasteiger partial charge is 0.454 e. The van der Waals surface area contributed by atoms with Crippen molar-refractivity contribution in [2.24, 2.45) is 0 Å². The first-order valence-corrected chi connectivity index (χ1v) is 11.1. The third-order valence-electron chi connectivity index (χ3n) is 5.06. The number of nitrogens with one attached hydrogen (secondary N) is 1. The summed E-state index contributed by atoms with van der Waals surface area (Å²) in [5.74, 6) is 1.55. The quantitative estimate of drug-likeness (QED) is 0.444. The van der Waals surface area contributed by atoms with Gasteiger partial charge in [-0.1, -0.05) is 43.0 Å². The standard InChI is InChI=1S/C22H21N5O3S/c1-2-9-27-16-6-4-3-5-15(16)20-21(27)24-22(26-25-20)31-12-19(28)23-11-14-7-8-17-18(10-14)30-13-29-17/h3-8,10H,2,9,11-13H2,1H3,(H,23,28). The van der Waals surface area contributed by atoms with Gasteiger partial charge in [0.1, 0.15) is 5.52 Å². The summed E-state index contributed by atoms with van der Waals surface area (Å²) in [4.78, 5) is 17.0. The minimum Gasteiger partial charge on any atom is -0.454 e. The number of carbonyl (C=O) groups is 1. The van der Waals surface area contributed by atoms with Crippen LogP contribution in [0.15, 0.2) is 47.6 Å². The summed E-state index contributed by atoms with van der Waals surface area (Å²) < 4.78 is 12.8. The fourth-order valence-corrected chi connectivity index (χ4v) is 4.24. The summed E-state index contributed by atoms with van der Waals surface area (Å²) >= 11 is 1.28. The summed E-state index contributed by atoms with van der Waals surface area (Å²) in [5.41, 5.74) is 3.65. The Hall–Kier alpha value is -3.33. The lowest BCUT2D eigenvalue weighted by Crippen LogP contribution is -2.24. The average molecular weight is 436 g/mol. The fourth-order valence-electron chi connectivity index (χ4n) is 3.63. The molecule has 0 unspecified atom stereocenters. The number of benzene rings is 2. The molecule has 0 radical (unpaired) electrons. The number of amides is 1. The second kappa shape index (κ2) is 8.43. The van der Waals surface area contributed by atoms with Crippen molar-refractivity contribution in [1.29, 1.82) is 0 Å². The van der Waals surface area contributed by atoms with E-state index in [1.807, 2.05) is 36.4 Å². The predicted molar refractivity (Wildman–Crippen MR) is 118 cm³/mol. The molecule has 0 aliphatic carbocycles. The van der Waals surface area contributed by atoms with Gasteiger partial charge in [-0.25, -0.2) is 4.98 Å². The van der Waals surface area contributed by atoms with Gasteiger partial charge in [0.05, 0.1) is 11.3 Å². The third-order valence-corrected chi connectivity index (χ3v) is 5.90. The summed E-state index contributed by atoms with van der Waals surface area (Å²) in [5, 5.41) is 13.1. The predicted octanol–water partition coefficient (Wildman–Crippen LogP) is 3.53. The minimum atomic E-state index is -0.0968. The topological polar surface area (TPSA) is 91.2 Å². The fraction of sp³-hybridized carbons (Fsp3) is 0.273. The molecular formula is C22H21N5O3S. The Labute approximate surface area is 183 Å². The number of para-hydroxylation sites is 1. The smallest absolute Gasteiger partial charge is 0.231 e. The number of nitrogens with zero attached hydrogens (tertiary/aromatic N) is 4. The van der Waals surface area contributed by atoms with Gasteiger partial charge in [0, 0.05) is 18.5 Å². The first-order valence-electron chi connectivity index (χ1n) is 10.1. The molecule has 0 saturated carbocycles. The maximum Gasteiger partial charge on any atom is 0.231 e. The zero-order valence-corrected chi connectivity index (χ0v) is 17.8. The van der Waals surface area contributed by atoms with Crippen LogP contribution in [0.2, 0.25) is 0 Å². The molecule has 158 valence electrons. The Balaban J connectivity index is 1.26. The maximum atomic E-state index is 12.3. The molecule has 2 aromatic heterocycles. The molecule has 31 heavy (non-hydrogen) atoms. The van der Waals surface area contributed by atoms with Crippen molar-refractivity contribution < 1.29 is 14.3 Å². The molecule has 5 rings (SSSR count). The lowest BCUT2D eigenvalue weighted by atomic mass is 10.2.